The average Bonchev–Trinajstić information content (AvgIpc) is 3.00. The van der Waals surface area contributed by atoms with Crippen LogP contribution in [0.2, 0.25) is 5.15 Å². The molecule has 0 saturated carbocycles. The predicted octanol–water partition coefficient (Wildman–Crippen LogP) is 3.21. The van der Waals surface area contributed by atoms with E-state index < -0.39 is 5.54 Å². The monoisotopic (exact) mass is 345 g/mol. The van der Waals surface area contributed by atoms with Crippen LogP contribution in [0.15, 0.2) is 30.5 Å². The van der Waals surface area contributed by atoms with Crippen molar-refractivity contribution in [3.05, 3.63) is 52.4 Å². The molecule has 1 amide bonds. The SMILES string of the molecule is CC(C)(COc1ccccn1)NC(=O)c1cc2c(nc1Cl)CCC2. The van der Waals surface area contributed by atoms with Gasteiger partial charge in [-0.15, -0.1) is 0 Å². The number of nitrogens with one attached hydrogen (secondary N) is 1. The average molecular weight is 346 g/mol. The lowest BCUT2D eigenvalue weighted by molar-refractivity contribution is 0.0878. The number of fused-ring (bicyclic) bond motifs is 1. The molecule has 1 aliphatic carbocycles. The molecule has 5 nitrogen and oxygen atoms in total. The molecule has 1 N–H and O–H groups in total. The fourth-order valence-electron chi connectivity index (χ4n) is 2.70. The van der Waals surface area contributed by atoms with Gasteiger partial charge in [-0.3, -0.25) is 4.79 Å². The van der Waals surface area contributed by atoms with E-state index in [4.69, 9.17) is 16.3 Å². The van der Waals surface area contributed by atoms with Gasteiger partial charge in [-0.2, -0.15) is 0 Å². The third-order valence-electron chi connectivity index (χ3n) is 3.92. The van der Waals surface area contributed by atoms with Gasteiger partial charge < -0.3 is 10.1 Å². The minimum atomic E-state index is -0.572. The Bertz CT molecular complexity index is 747. The van der Waals surface area contributed by atoms with E-state index in [1.807, 2.05) is 32.0 Å². The molecule has 0 bridgehead atoms. The second-order valence-electron chi connectivity index (χ2n) is 6.58. The Kier molecular flexibility index (Phi) is 4.71. The summed E-state index contributed by atoms with van der Waals surface area (Å²) in [7, 11) is 0. The first-order chi connectivity index (χ1) is 11.4. The van der Waals surface area contributed by atoms with Crippen molar-refractivity contribution < 1.29 is 9.53 Å². The number of aryl methyl sites for hydroxylation is 2. The van der Waals surface area contributed by atoms with E-state index in [2.05, 4.69) is 15.3 Å². The number of ether oxygens (including phenoxy) is 1. The first-order valence-corrected chi connectivity index (χ1v) is 8.37. The van der Waals surface area contributed by atoms with Gasteiger partial charge >= 0.3 is 0 Å². The van der Waals surface area contributed by atoms with E-state index in [0.29, 0.717) is 18.1 Å². The number of nitrogens with zero attached hydrogens (tertiary/aromatic N) is 2. The van der Waals surface area contributed by atoms with Crippen molar-refractivity contribution in [3.63, 3.8) is 0 Å². The molecule has 0 aliphatic heterocycles. The zero-order valence-electron chi connectivity index (χ0n) is 13.8. The first-order valence-electron chi connectivity index (χ1n) is 7.99. The van der Waals surface area contributed by atoms with Gasteiger partial charge in [-0.05, 0) is 50.8 Å². The van der Waals surface area contributed by atoms with Crippen molar-refractivity contribution >= 4 is 17.5 Å². The molecule has 0 atom stereocenters. The lowest BCUT2D eigenvalue weighted by Gasteiger charge is -2.26. The summed E-state index contributed by atoms with van der Waals surface area (Å²) in [6.07, 6.45) is 4.61. The molecule has 6 heteroatoms. The van der Waals surface area contributed by atoms with E-state index in [1.165, 1.54) is 0 Å². The van der Waals surface area contributed by atoms with Crippen LogP contribution in [0.1, 0.15) is 41.9 Å². The topological polar surface area (TPSA) is 64.1 Å². The molecular formula is C18H20ClN3O2. The number of carbonyl (C=O) groups excluding carboxylic acids is 1. The van der Waals surface area contributed by atoms with Crippen LogP contribution < -0.4 is 10.1 Å². The second-order valence-corrected chi connectivity index (χ2v) is 6.94. The fraction of sp³-hybridized carbons (Fsp3) is 0.389. The number of hydrogen-bond donors (Lipinski definition) is 1. The largest absolute Gasteiger partial charge is 0.475 e. The van der Waals surface area contributed by atoms with E-state index in [0.717, 1.165) is 30.5 Å². The van der Waals surface area contributed by atoms with Gasteiger partial charge in [0, 0.05) is 18.0 Å². The van der Waals surface area contributed by atoms with Gasteiger partial charge in [0.1, 0.15) is 11.8 Å². The zero-order valence-corrected chi connectivity index (χ0v) is 14.6. The minimum Gasteiger partial charge on any atom is -0.475 e. The Balaban J connectivity index is 1.67. The van der Waals surface area contributed by atoms with Gasteiger partial charge in [-0.25, -0.2) is 9.97 Å². The van der Waals surface area contributed by atoms with Gasteiger partial charge in [0.05, 0.1) is 11.1 Å². The third kappa shape index (κ3) is 3.85. The molecule has 3 rings (SSSR count). The van der Waals surface area contributed by atoms with Crippen LogP contribution in [0.25, 0.3) is 0 Å². The van der Waals surface area contributed by atoms with Crippen LogP contribution in [0.4, 0.5) is 0 Å². The maximum atomic E-state index is 12.6. The van der Waals surface area contributed by atoms with Crippen molar-refractivity contribution in [3.8, 4) is 5.88 Å². The van der Waals surface area contributed by atoms with Crippen LogP contribution >= 0.6 is 11.6 Å². The van der Waals surface area contributed by atoms with Crippen LogP contribution in [0.3, 0.4) is 0 Å². The van der Waals surface area contributed by atoms with Crippen molar-refractivity contribution in [2.75, 3.05) is 6.61 Å². The van der Waals surface area contributed by atoms with E-state index in [1.54, 1.807) is 12.3 Å². The summed E-state index contributed by atoms with van der Waals surface area (Å²) in [6.45, 7) is 4.08. The predicted molar refractivity (Wildman–Crippen MR) is 92.5 cm³/mol. The summed E-state index contributed by atoms with van der Waals surface area (Å²) >= 11 is 6.19. The van der Waals surface area contributed by atoms with Gasteiger partial charge in [0.25, 0.3) is 5.91 Å². The molecule has 2 aromatic heterocycles. The quantitative estimate of drug-likeness (QED) is 0.845. The van der Waals surface area contributed by atoms with Crippen molar-refractivity contribution in [1.29, 1.82) is 0 Å². The number of pyridine rings is 2. The highest BCUT2D eigenvalue weighted by Gasteiger charge is 2.25. The molecular weight excluding hydrogens is 326 g/mol. The summed E-state index contributed by atoms with van der Waals surface area (Å²) in [5.41, 5.74) is 1.97. The standard InChI is InChI=1S/C18H20ClN3O2/c1-18(2,11-24-15-8-3-4-9-20-15)22-17(23)13-10-12-6-5-7-14(12)21-16(13)19/h3-4,8-10H,5-7,11H2,1-2H3,(H,22,23). The number of halogens is 1. The molecule has 0 unspecified atom stereocenters. The molecule has 0 radical (unpaired) electrons. The Morgan fingerprint density at radius 1 is 1.38 bits per heavy atom. The molecule has 2 aromatic rings. The normalized spacial score (nSPS) is 13.5. The van der Waals surface area contributed by atoms with E-state index >= 15 is 0 Å². The zero-order chi connectivity index (χ0) is 17.2. The lowest BCUT2D eigenvalue weighted by Crippen LogP contribution is -2.48. The molecule has 24 heavy (non-hydrogen) atoms. The summed E-state index contributed by atoms with van der Waals surface area (Å²) < 4.78 is 5.64. The Labute approximate surface area is 146 Å². The summed E-state index contributed by atoms with van der Waals surface area (Å²) in [5, 5.41) is 3.22. The van der Waals surface area contributed by atoms with Gasteiger partial charge in [0.2, 0.25) is 5.88 Å². The molecule has 2 heterocycles. The Morgan fingerprint density at radius 3 is 2.96 bits per heavy atom. The second kappa shape index (κ2) is 6.77. The summed E-state index contributed by atoms with van der Waals surface area (Å²) in [5.74, 6) is 0.286. The Hall–Kier alpha value is -2.14. The minimum absolute atomic E-state index is 0.239. The first kappa shape index (κ1) is 16.7. The lowest BCUT2D eigenvalue weighted by atomic mass is 10.1. The number of carbonyl (C=O) groups is 1. The van der Waals surface area contributed by atoms with Crippen molar-refractivity contribution in [2.45, 2.75) is 38.6 Å². The van der Waals surface area contributed by atoms with Crippen LogP contribution in [0, 0.1) is 0 Å². The van der Waals surface area contributed by atoms with Crippen LogP contribution in [-0.2, 0) is 12.8 Å². The Morgan fingerprint density at radius 2 is 2.21 bits per heavy atom. The number of amides is 1. The smallest absolute Gasteiger partial charge is 0.254 e. The number of aromatic nitrogens is 2. The molecule has 0 saturated heterocycles. The van der Waals surface area contributed by atoms with Crippen LogP contribution in [-0.4, -0.2) is 28.0 Å². The van der Waals surface area contributed by atoms with E-state index in [-0.39, 0.29) is 11.1 Å². The maximum Gasteiger partial charge on any atom is 0.254 e. The van der Waals surface area contributed by atoms with Crippen molar-refractivity contribution in [2.24, 2.45) is 0 Å². The van der Waals surface area contributed by atoms with Crippen molar-refractivity contribution in [1.82, 2.24) is 15.3 Å². The highest BCUT2D eigenvalue weighted by atomic mass is 35.5. The van der Waals surface area contributed by atoms with E-state index in [9.17, 15) is 4.79 Å². The highest BCUT2D eigenvalue weighted by Crippen LogP contribution is 2.25. The maximum absolute atomic E-state index is 12.6. The molecule has 0 aromatic carbocycles. The number of hydrogen-bond acceptors (Lipinski definition) is 4. The highest BCUT2D eigenvalue weighted by molar-refractivity contribution is 6.32. The molecule has 126 valence electrons. The fourth-order valence-corrected chi connectivity index (χ4v) is 2.95. The molecule has 0 spiro atoms. The number of rotatable bonds is 5. The summed E-state index contributed by atoms with van der Waals surface area (Å²) in [6, 6.07) is 7.31. The third-order valence-corrected chi connectivity index (χ3v) is 4.21. The summed E-state index contributed by atoms with van der Waals surface area (Å²) in [4.78, 5) is 21.1. The van der Waals surface area contributed by atoms with Gasteiger partial charge in [-0.1, -0.05) is 17.7 Å². The van der Waals surface area contributed by atoms with Crippen LogP contribution in [0.5, 0.6) is 5.88 Å². The van der Waals surface area contributed by atoms with Gasteiger partial charge in [0.15, 0.2) is 0 Å². The molecule has 0 fully saturated rings. The molecule has 1 aliphatic rings.